The summed E-state index contributed by atoms with van der Waals surface area (Å²) in [5, 5.41) is 5.03. The highest BCUT2D eigenvalue weighted by Gasteiger charge is 2.26. The average Bonchev–Trinajstić information content (AvgIpc) is 3.40. The maximum Gasteiger partial charge on any atom is 0.255 e. The van der Waals surface area contributed by atoms with Crippen molar-refractivity contribution in [3.63, 3.8) is 0 Å². The van der Waals surface area contributed by atoms with Crippen molar-refractivity contribution in [3.8, 4) is 0 Å². The van der Waals surface area contributed by atoms with Gasteiger partial charge in [0.2, 0.25) is 0 Å². The summed E-state index contributed by atoms with van der Waals surface area (Å²) in [5.74, 6) is 0.574. The standard InChI is InChI=1S/C26H28N4O3/c31-25(28-18-20-8-5-17-33-20)23-11-4-12-27-24(23)29-13-15-30(16-14-29)26(32)22-10-3-7-19-6-1-2-9-21(19)22/h1-4,6-7,9-12,20H,5,8,13-18H2,(H,28,31)/t20-/m1/s1. The molecule has 0 radical (unpaired) electrons. The molecule has 1 N–H and O–H groups in total. The molecule has 2 fully saturated rings. The van der Waals surface area contributed by atoms with E-state index in [2.05, 4.69) is 15.2 Å². The summed E-state index contributed by atoms with van der Waals surface area (Å²) in [4.78, 5) is 34.6. The lowest BCUT2D eigenvalue weighted by Crippen LogP contribution is -2.49. The van der Waals surface area contributed by atoms with Gasteiger partial charge in [-0.2, -0.15) is 0 Å². The number of rotatable bonds is 5. The number of hydrogen-bond donors (Lipinski definition) is 1. The summed E-state index contributed by atoms with van der Waals surface area (Å²) in [7, 11) is 0. The molecule has 170 valence electrons. The Morgan fingerprint density at radius 2 is 1.76 bits per heavy atom. The molecule has 3 heterocycles. The van der Waals surface area contributed by atoms with E-state index >= 15 is 0 Å². The number of fused-ring (bicyclic) bond motifs is 1. The van der Waals surface area contributed by atoms with Gasteiger partial charge >= 0.3 is 0 Å². The van der Waals surface area contributed by atoms with E-state index in [1.807, 2.05) is 47.4 Å². The van der Waals surface area contributed by atoms with Gasteiger partial charge in [-0.25, -0.2) is 4.98 Å². The summed E-state index contributed by atoms with van der Waals surface area (Å²) in [6.07, 6.45) is 3.82. The summed E-state index contributed by atoms with van der Waals surface area (Å²) in [6, 6.07) is 17.4. The van der Waals surface area contributed by atoms with Crippen LogP contribution in [0.25, 0.3) is 10.8 Å². The van der Waals surface area contributed by atoms with Crippen LogP contribution >= 0.6 is 0 Å². The van der Waals surface area contributed by atoms with Crippen LogP contribution in [0.1, 0.15) is 33.6 Å². The highest BCUT2D eigenvalue weighted by atomic mass is 16.5. The van der Waals surface area contributed by atoms with Crippen LogP contribution in [0.15, 0.2) is 60.8 Å². The fraction of sp³-hybridized carbons (Fsp3) is 0.346. The van der Waals surface area contributed by atoms with Crippen LogP contribution in [-0.4, -0.2) is 67.1 Å². The molecule has 0 saturated carbocycles. The summed E-state index contributed by atoms with van der Waals surface area (Å²) < 4.78 is 5.61. The van der Waals surface area contributed by atoms with E-state index in [-0.39, 0.29) is 17.9 Å². The fourth-order valence-electron chi connectivity index (χ4n) is 4.64. The number of pyridine rings is 1. The van der Waals surface area contributed by atoms with Gasteiger partial charge in [-0.05, 0) is 41.8 Å². The van der Waals surface area contributed by atoms with Gasteiger partial charge in [0, 0.05) is 51.1 Å². The van der Waals surface area contributed by atoms with Crippen LogP contribution in [0.4, 0.5) is 5.82 Å². The maximum absolute atomic E-state index is 13.3. The van der Waals surface area contributed by atoms with Gasteiger partial charge in [-0.15, -0.1) is 0 Å². The van der Waals surface area contributed by atoms with Crippen LogP contribution < -0.4 is 10.2 Å². The minimum Gasteiger partial charge on any atom is -0.376 e. The summed E-state index contributed by atoms with van der Waals surface area (Å²) >= 11 is 0. The quantitative estimate of drug-likeness (QED) is 0.655. The van der Waals surface area contributed by atoms with E-state index < -0.39 is 0 Å². The molecule has 2 aliphatic heterocycles. The number of nitrogens with one attached hydrogen (secondary N) is 1. The zero-order chi connectivity index (χ0) is 22.6. The molecule has 5 rings (SSSR count). The van der Waals surface area contributed by atoms with Gasteiger partial charge in [0.25, 0.3) is 11.8 Å². The zero-order valence-electron chi connectivity index (χ0n) is 18.6. The first-order valence-electron chi connectivity index (χ1n) is 11.6. The Kier molecular flexibility index (Phi) is 6.21. The molecule has 0 unspecified atom stereocenters. The SMILES string of the molecule is O=C(NC[C@H]1CCCO1)c1cccnc1N1CCN(C(=O)c2cccc3ccccc23)CC1. The maximum atomic E-state index is 13.3. The van der Waals surface area contributed by atoms with Gasteiger partial charge in [0.15, 0.2) is 0 Å². The van der Waals surface area contributed by atoms with Crippen LogP contribution in [0.3, 0.4) is 0 Å². The van der Waals surface area contributed by atoms with E-state index in [1.165, 1.54) is 0 Å². The highest BCUT2D eigenvalue weighted by Crippen LogP contribution is 2.23. The van der Waals surface area contributed by atoms with Crippen LogP contribution in [0, 0.1) is 0 Å². The zero-order valence-corrected chi connectivity index (χ0v) is 18.6. The third-order valence-electron chi connectivity index (χ3n) is 6.43. The Morgan fingerprint density at radius 1 is 0.970 bits per heavy atom. The highest BCUT2D eigenvalue weighted by molar-refractivity contribution is 6.07. The number of benzene rings is 2. The number of carbonyl (C=O) groups excluding carboxylic acids is 2. The fourth-order valence-corrected chi connectivity index (χ4v) is 4.64. The van der Waals surface area contributed by atoms with Crippen LogP contribution in [0.2, 0.25) is 0 Å². The van der Waals surface area contributed by atoms with Crippen molar-refractivity contribution in [2.75, 3.05) is 44.2 Å². The third kappa shape index (κ3) is 4.54. The molecule has 1 aromatic heterocycles. The van der Waals surface area contributed by atoms with Gasteiger partial charge < -0.3 is 19.9 Å². The first-order chi connectivity index (χ1) is 16.2. The molecule has 33 heavy (non-hydrogen) atoms. The largest absolute Gasteiger partial charge is 0.376 e. The van der Waals surface area contributed by atoms with Crippen molar-refractivity contribution in [3.05, 3.63) is 71.9 Å². The van der Waals surface area contributed by atoms with Crippen molar-refractivity contribution >= 4 is 28.4 Å². The summed E-state index contributed by atoms with van der Waals surface area (Å²) in [5.41, 5.74) is 1.29. The number of piperazine rings is 1. The molecular formula is C26H28N4O3. The predicted molar refractivity (Wildman–Crippen MR) is 128 cm³/mol. The second kappa shape index (κ2) is 9.58. The van der Waals surface area contributed by atoms with Crippen molar-refractivity contribution in [1.82, 2.24) is 15.2 Å². The van der Waals surface area contributed by atoms with Crippen molar-refractivity contribution in [2.45, 2.75) is 18.9 Å². The molecular weight excluding hydrogens is 416 g/mol. The van der Waals surface area contributed by atoms with Gasteiger partial charge in [-0.3, -0.25) is 9.59 Å². The molecule has 2 aliphatic rings. The second-order valence-corrected chi connectivity index (χ2v) is 8.53. The number of nitrogens with zero attached hydrogens (tertiary/aromatic N) is 3. The number of aromatic nitrogens is 1. The number of hydrogen-bond acceptors (Lipinski definition) is 5. The lowest BCUT2D eigenvalue weighted by atomic mass is 10.0. The molecule has 2 amide bonds. The van der Waals surface area contributed by atoms with Gasteiger partial charge in [0.05, 0.1) is 11.7 Å². The predicted octanol–water partition coefficient (Wildman–Crippen LogP) is 3.11. The Labute approximate surface area is 193 Å². The van der Waals surface area contributed by atoms with E-state index in [0.29, 0.717) is 44.1 Å². The molecule has 3 aromatic rings. The van der Waals surface area contributed by atoms with Crippen LogP contribution in [0.5, 0.6) is 0 Å². The van der Waals surface area contributed by atoms with Gasteiger partial charge in [0.1, 0.15) is 5.82 Å². The molecule has 2 saturated heterocycles. The summed E-state index contributed by atoms with van der Waals surface area (Å²) in [6.45, 7) is 3.69. The average molecular weight is 445 g/mol. The first-order valence-corrected chi connectivity index (χ1v) is 11.6. The van der Waals surface area contributed by atoms with E-state index in [0.717, 1.165) is 35.8 Å². The smallest absolute Gasteiger partial charge is 0.255 e. The molecule has 7 nitrogen and oxygen atoms in total. The van der Waals surface area contributed by atoms with E-state index in [4.69, 9.17) is 4.74 Å². The molecule has 2 aromatic carbocycles. The molecule has 1 atom stereocenters. The number of amides is 2. The third-order valence-corrected chi connectivity index (χ3v) is 6.43. The molecule has 0 bridgehead atoms. The number of ether oxygens (including phenoxy) is 1. The number of carbonyl (C=O) groups is 2. The normalized spacial score (nSPS) is 18.5. The van der Waals surface area contributed by atoms with E-state index in [9.17, 15) is 9.59 Å². The Balaban J connectivity index is 1.26. The second-order valence-electron chi connectivity index (χ2n) is 8.53. The van der Waals surface area contributed by atoms with Crippen molar-refractivity contribution in [1.29, 1.82) is 0 Å². The molecule has 7 heteroatoms. The Hall–Kier alpha value is -3.45. The lowest BCUT2D eigenvalue weighted by Gasteiger charge is -2.36. The van der Waals surface area contributed by atoms with Crippen molar-refractivity contribution in [2.24, 2.45) is 0 Å². The van der Waals surface area contributed by atoms with E-state index in [1.54, 1.807) is 18.3 Å². The lowest BCUT2D eigenvalue weighted by molar-refractivity contribution is 0.0747. The minimum absolute atomic E-state index is 0.0435. The minimum atomic E-state index is -0.136. The van der Waals surface area contributed by atoms with Crippen LogP contribution in [-0.2, 0) is 4.74 Å². The molecule has 0 aliphatic carbocycles. The topological polar surface area (TPSA) is 74.8 Å². The number of anilines is 1. The molecule has 0 spiro atoms. The van der Waals surface area contributed by atoms with Crippen molar-refractivity contribution < 1.29 is 14.3 Å². The first kappa shape index (κ1) is 21.4. The monoisotopic (exact) mass is 444 g/mol. The Morgan fingerprint density at radius 3 is 2.58 bits per heavy atom. The Bertz CT molecular complexity index is 1150. The van der Waals surface area contributed by atoms with Gasteiger partial charge in [-0.1, -0.05) is 36.4 Å².